The lowest BCUT2D eigenvalue weighted by molar-refractivity contribution is -0.137. The summed E-state index contributed by atoms with van der Waals surface area (Å²) in [5.74, 6) is -1.17. The maximum absolute atomic E-state index is 12.9. The maximum atomic E-state index is 12.9. The Morgan fingerprint density at radius 1 is 1.43 bits per heavy atom. The summed E-state index contributed by atoms with van der Waals surface area (Å²) in [6.45, 7) is 0.0114. The summed E-state index contributed by atoms with van der Waals surface area (Å²) in [5.41, 5.74) is -1.01. The van der Waals surface area contributed by atoms with Crippen molar-refractivity contribution in [1.29, 1.82) is 0 Å². The van der Waals surface area contributed by atoms with Crippen molar-refractivity contribution in [1.82, 2.24) is 4.98 Å². The van der Waals surface area contributed by atoms with E-state index in [1.165, 1.54) is 17.5 Å². The van der Waals surface area contributed by atoms with Crippen LogP contribution < -0.4 is 5.32 Å². The van der Waals surface area contributed by atoms with Gasteiger partial charge in [0.25, 0.3) is 0 Å². The van der Waals surface area contributed by atoms with E-state index in [1.54, 1.807) is 0 Å². The summed E-state index contributed by atoms with van der Waals surface area (Å²) >= 11 is 4.18. The quantitative estimate of drug-likeness (QED) is 0.832. The van der Waals surface area contributed by atoms with E-state index in [0.717, 1.165) is 17.4 Å². The minimum atomic E-state index is -4.47. The highest BCUT2D eigenvalue weighted by Crippen LogP contribution is 2.36. The van der Waals surface area contributed by atoms with Crippen molar-refractivity contribution in [3.05, 3.63) is 44.3 Å². The molecule has 0 atom stereocenters. The average Bonchev–Trinajstić information content (AvgIpc) is 2.83. The molecule has 0 aliphatic carbocycles. The standard InChI is InChI=1S/C12H8BrF3N2O2S/c13-6-1-2-7(12(14,15)16)8(3-6)17-4-10-18-9(5-21-10)11(19)20/h1-3,5,17H,4H2,(H,19,20). The number of hydrogen-bond acceptors (Lipinski definition) is 4. The zero-order valence-corrected chi connectivity index (χ0v) is 12.6. The van der Waals surface area contributed by atoms with Crippen LogP contribution in [0.2, 0.25) is 0 Å². The van der Waals surface area contributed by atoms with E-state index in [2.05, 4.69) is 26.2 Å². The smallest absolute Gasteiger partial charge is 0.418 e. The second-order valence-corrected chi connectivity index (χ2v) is 5.83. The van der Waals surface area contributed by atoms with Crippen molar-refractivity contribution < 1.29 is 23.1 Å². The summed E-state index contributed by atoms with van der Waals surface area (Å²) in [6.07, 6.45) is -4.47. The third-order valence-electron chi connectivity index (χ3n) is 2.49. The molecule has 2 rings (SSSR count). The lowest BCUT2D eigenvalue weighted by atomic mass is 10.1. The Morgan fingerprint density at radius 2 is 2.14 bits per heavy atom. The Labute approximate surface area is 129 Å². The molecule has 0 bridgehead atoms. The third kappa shape index (κ3) is 3.94. The number of carbonyl (C=O) groups is 1. The molecule has 2 aromatic rings. The van der Waals surface area contributed by atoms with Crippen LogP contribution in [0.15, 0.2) is 28.1 Å². The van der Waals surface area contributed by atoms with Crippen LogP contribution in [0.25, 0.3) is 0 Å². The number of rotatable bonds is 4. The Balaban J connectivity index is 2.19. The van der Waals surface area contributed by atoms with Crippen LogP contribution in [0, 0.1) is 0 Å². The molecule has 0 amide bonds. The number of aromatic nitrogens is 1. The Kier molecular flexibility index (Phi) is 4.52. The molecule has 21 heavy (non-hydrogen) atoms. The van der Waals surface area contributed by atoms with Crippen LogP contribution >= 0.6 is 27.3 Å². The van der Waals surface area contributed by atoms with Crippen molar-refractivity contribution in [2.75, 3.05) is 5.32 Å². The first-order valence-corrected chi connectivity index (χ1v) is 7.23. The summed E-state index contributed by atoms with van der Waals surface area (Å²) < 4.78 is 39.1. The van der Waals surface area contributed by atoms with Crippen LogP contribution in [0.5, 0.6) is 0 Å². The van der Waals surface area contributed by atoms with Crippen LogP contribution in [-0.4, -0.2) is 16.1 Å². The van der Waals surface area contributed by atoms with Gasteiger partial charge in [0.05, 0.1) is 12.1 Å². The Hall–Kier alpha value is -1.61. The molecule has 112 valence electrons. The summed E-state index contributed by atoms with van der Waals surface area (Å²) in [4.78, 5) is 14.5. The first-order valence-electron chi connectivity index (χ1n) is 5.55. The zero-order chi connectivity index (χ0) is 15.6. The van der Waals surface area contributed by atoms with Gasteiger partial charge >= 0.3 is 12.1 Å². The summed E-state index contributed by atoms with van der Waals surface area (Å²) in [6, 6.07) is 3.59. The molecule has 4 nitrogen and oxygen atoms in total. The number of benzene rings is 1. The largest absolute Gasteiger partial charge is 0.476 e. The molecule has 1 aromatic carbocycles. The lowest BCUT2D eigenvalue weighted by Gasteiger charge is -2.14. The zero-order valence-electron chi connectivity index (χ0n) is 10.2. The lowest BCUT2D eigenvalue weighted by Crippen LogP contribution is -2.11. The van der Waals surface area contributed by atoms with E-state index < -0.39 is 17.7 Å². The van der Waals surface area contributed by atoms with Gasteiger partial charge in [-0.2, -0.15) is 13.2 Å². The van der Waals surface area contributed by atoms with Gasteiger partial charge in [-0.1, -0.05) is 15.9 Å². The first-order chi connectivity index (χ1) is 9.77. The van der Waals surface area contributed by atoms with Crippen LogP contribution in [-0.2, 0) is 12.7 Å². The van der Waals surface area contributed by atoms with E-state index in [-0.39, 0.29) is 17.9 Å². The number of nitrogens with zero attached hydrogens (tertiary/aromatic N) is 1. The highest BCUT2D eigenvalue weighted by Gasteiger charge is 2.33. The number of alkyl halides is 3. The van der Waals surface area contributed by atoms with E-state index in [0.29, 0.717) is 9.48 Å². The fourth-order valence-corrected chi connectivity index (χ4v) is 2.64. The maximum Gasteiger partial charge on any atom is 0.418 e. The van der Waals surface area contributed by atoms with Crippen LogP contribution in [0.4, 0.5) is 18.9 Å². The number of nitrogens with one attached hydrogen (secondary N) is 1. The highest BCUT2D eigenvalue weighted by atomic mass is 79.9. The molecule has 0 saturated carbocycles. The van der Waals surface area contributed by atoms with Crippen molar-refractivity contribution in [3.63, 3.8) is 0 Å². The summed E-state index contributed by atoms with van der Waals surface area (Å²) in [5, 5.41) is 13.1. The number of aromatic carboxylic acids is 1. The number of thiazole rings is 1. The molecule has 1 aromatic heterocycles. The van der Waals surface area contributed by atoms with Gasteiger partial charge in [0.15, 0.2) is 5.69 Å². The van der Waals surface area contributed by atoms with Crippen LogP contribution in [0.1, 0.15) is 21.1 Å². The molecule has 0 saturated heterocycles. The van der Waals surface area contributed by atoms with Gasteiger partial charge in [0.2, 0.25) is 0 Å². The molecule has 0 spiro atoms. The number of anilines is 1. The van der Waals surface area contributed by atoms with Gasteiger partial charge < -0.3 is 10.4 Å². The molecular formula is C12H8BrF3N2O2S. The van der Waals surface area contributed by atoms with Gasteiger partial charge in [0, 0.05) is 15.5 Å². The first kappa shape index (κ1) is 15.8. The molecule has 0 fully saturated rings. The molecule has 0 aliphatic heterocycles. The number of carboxylic acids is 1. The third-order valence-corrected chi connectivity index (χ3v) is 3.83. The van der Waals surface area contributed by atoms with Crippen LogP contribution in [0.3, 0.4) is 0 Å². The molecule has 0 unspecified atom stereocenters. The SMILES string of the molecule is O=C(O)c1csc(CNc2cc(Br)ccc2C(F)(F)F)n1. The second kappa shape index (κ2) is 6.02. The predicted octanol–water partition coefficient (Wildman–Crippen LogP) is 4.23. The fourth-order valence-electron chi connectivity index (χ4n) is 1.57. The summed E-state index contributed by atoms with van der Waals surface area (Å²) in [7, 11) is 0. The van der Waals surface area contributed by atoms with Crippen molar-refractivity contribution in [2.45, 2.75) is 12.7 Å². The van der Waals surface area contributed by atoms with Crippen molar-refractivity contribution >= 4 is 38.9 Å². The van der Waals surface area contributed by atoms with Crippen molar-refractivity contribution in [2.24, 2.45) is 0 Å². The molecule has 2 N–H and O–H groups in total. The molecular weight excluding hydrogens is 373 g/mol. The Morgan fingerprint density at radius 3 is 2.71 bits per heavy atom. The fraction of sp³-hybridized carbons (Fsp3) is 0.167. The average molecular weight is 381 g/mol. The van der Waals surface area contributed by atoms with Gasteiger partial charge in [-0.25, -0.2) is 9.78 Å². The monoisotopic (exact) mass is 380 g/mol. The predicted molar refractivity (Wildman–Crippen MR) is 75.5 cm³/mol. The number of hydrogen-bond donors (Lipinski definition) is 2. The molecule has 1 heterocycles. The van der Waals surface area contributed by atoms with Gasteiger partial charge in [-0.3, -0.25) is 0 Å². The van der Waals surface area contributed by atoms with E-state index in [4.69, 9.17) is 5.11 Å². The molecule has 9 heteroatoms. The van der Waals surface area contributed by atoms with Gasteiger partial charge in [-0.15, -0.1) is 11.3 Å². The number of carboxylic acid groups (broad SMARTS) is 1. The Bertz CT molecular complexity index is 673. The van der Waals surface area contributed by atoms with Gasteiger partial charge in [0.1, 0.15) is 5.01 Å². The second-order valence-electron chi connectivity index (χ2n) is 3.97. The minimum absolute atomic E-state index is 0.0114. The topological polar surface area (TPSA) is 62.2 Å². The van der Waals surface area contributed by atoms with Crippen molar-refractivity contribution in [3.8, 4) is 0 Å². The number of halogens is 4. The normalized spacial score (nSPS) is 11.4. The van der Waals surface area contributed by atoms with E-state index in [9.17, 15) is 18.0 Å². The van der Waals surface area contributed by atoms with E-state index in [1.807, 2.05) is 0 Å². The minimum Gasteiger partial charge on any atom is -0.476 e. The highest BCUT2D eigenvalue weighted by molar-refractivity contribution is 9.10. The molecule has 0 radical (unpaired) electrons. The van der Waals surface area contributed by atoms with Gasteiger partial charge in [-0.05, 0) is 18.2 Å². The molecule has 0 aliphatic rings. The van der Waals surface area contributed by atoms with E-state index >= 15 is 0 Å².